The zero-order valence-corrected chi connectivity index (χ0v) is 17.1. The van der Waals surface area contributed by atoms with Crippen LogP contribution in [0.3, 0.4) is 0 Å². The quantitative estimate of drug-likeness (QED) is 0.564. The summed E-state index contributed by atoms with van der Waals surface area (Å²) in [6.45, 7) is 2.67. The van der Waals surface area contributed by atoms with Gasteiger partial charge in [-0.2, -0.15) is 13.2 Å². The van der Waals surface area contributed by atoms with E-state index in [0.29, 0.717) is 18.0 Å². The summed E-state index contributed by atoms with van der Waals surface area (Å²) < 4.78 is 37.9. The minimum absolute atomic E-state index is 0.172. The van der Waals surface area contributed by atoms with Crippen LogP contribution in [0.5, 0.6) is 0 Å². The molecule has 0 spiro atoms. The SMILES string of the molecule is O=C(CC[C@H]1CCCN(Cc2nc3ccccc3[nH]2)C1)Nc1ccc(C(F)(F)F)cc1. The summed E-state index contributed by atoms with van der Waals surface area (Å²) in [5.41, 5.74) is 1.65. The number of piperidine rings is 1. The van der Waals surface area contributed by atoms with Gasteiger partial charge in [0.2, 0.25) is 5.91 Å². The van der Waals surface area contributed by atoms with Crippen LogP contribution in [0, 0.1) is 5.92 Å². The fourth-order valence-electron chi connectivity index (χ4n) is 4.12. The zero-order valence-electron chi connectivity index (χ0n) is 17.1. The lowest BCUT2D eigenvalue weighted by atomic mass is 9.93. The van der Waals surface area contributed by atoms with Crippen LogP contribution in [0.15, 0.2) is 48.5 Å². The number of nitrogens with zero attached hydrogens (tertiary/aromatic N) is 2. The van der Waals surface area contributed by atoms with Gasteiger partial charge in [0.1, 0.15) is 5.82 Å². The predicted octanol–water partition coefficient (Wildman–Crippen LogP) is 5.21. The number of aromatic nitrogens is 2. The largest absolute Gasteiger partial charge is 0.416 e. The summed E-state index contributed by atoms with van der Waals surface area (Å²) in [4.78, 5) is 22.6. The van der Waals surface area contributed by atoms with E-state index in [1.165, 1.54) is 12.1 Å². The number of rotatable bonds is 6. The van der Waals surface area contributed by atoms with Crippen LogP contribution in [-0.2, 0) is 17.5 Å². The molecule has 0 saturated carbocycles. The van der Waals surface area contributed by atoms with E-state index in [9.17, 15) is 18.0 Å². The summed E-state index contributed by atoms with van der Waals surface area (Å²) in [5, 5.41) is 2.69. The topological polar surface area (TPSA) is 61.0 Å². The van der Waals surface area contributed by atoms with Crippen molar-refractivity contribution < 1.29 is 18.0 Å². The van der Waals surface area contributed by atoms with Gasteiger partial charge >= 0.3 is 6.18 Å². The number of likely N-dealkylation sites (tertiary alicyclic amines) is 1. The number of hydrogen-bond acceptors (Lipinski definition) is 3. The average molecular weight is 430 g/mol. The number of halogens is 3. The third-order valence-electron chi connectivity index (χ3n) is 5.69. The average Bonchev–Trinajstić information content (AvgIpc) is 3.14. The van der Waals surface area contributed by atoms with Crippen LogP contribution in [0.1, 0.15) is 37.1 Å². The van der Waals surface area contributed by atoms with E-state index in [0.717, 1.165) is 67.9 Å². The molecule has 0 radical (unpaired) electrons. The second-order valence-corrected chi connectivity index (χ2v) is 8.11. The molecule has 2 heterocycles. The number of carbonyl (C=O) groups is 1. The van der Waals surface area contributed by atoms with E-state index >= 15 is 0 Å². The van der Waals surface area contributed by atoms with Crippen molar-refractivity contribution in [3.8, 4) is 0 Å². The van der Waals surface area contributed by atoms with Gasteiger partial charge in [-0.05, 0) is 68.1 Å². The van der Waals surface area contributed by atoms with E-state index in [-0.39, 0.29) is 5.91 Å². The van der Waals surface area contributed by atoms with Gasteiger partial charge in [0.15, 0.2) is 0 Å². The molecule has 1 amide bonds. The van der Waals surface area contributed by atoms with Gasteiger partial charge in [-0.3, -0.25) is 9.69 Å². The number of H-pyrrole nitrogens is 1. The minimum Gasteiger partial charge on any atom is -0.341 e. The molecule has 2 N–H and O–H groups in total. The maximum Gasteiger partial charge on any atom is 0.416 e. The smallest absolute Gasteiger partial charge is 0.341 e. The van der Waals surface area contributed by atoms with Gasteiger partial charge in [-0.15, -0.1) is 0 Å². The molecule has 8 heteroatoms. The van der Waals surface area contributed by atoms with E-state index in [4.69, 9.17) is 0 Å². The van der Waals surface area contributed by atoms with Crippen molar-refractivity contribution in [1.29, 1.82) is 0 Å². The third kappa shape index (κ3) is 5.64. The molecule has 0 bridgehead atoms. The van der Waals surface area contributed by atoms with E-state index in [2.05, 4.69) is 20.2 Å². The molecular weight excluding hydrogens is 405 g/mol. The molecule has 0 aliphatic carbocycles. The highest BCUT2D eigenvalue weighted by Crippen LogP contribution is 2.30. The molecule has 2 aromatic carbocycles. The first-order valence-corrected chi connectivity index (χ1v) is 10.5. The van der Waals surface area contributed by atoms with Gasteiger partial charge in [0, 0.05) is 18.7 Å². The van der Waals surface area contributed by atoms with E-state index in [1.807, 2.05) is 24.3 Å². The normalized spacial score (nSPS) is 17.7. The van der Waals surface area contributed by atoms with Crippen molar-refractivity contribution in [3.63, 3.8) is 0 Å². The van der Waals surface area contributed by atoms with Crippen LogP contribution < -0.4 is 5.32 Å². The van der Waals surface area contributed by atoms with Crippen LogP contribution in [0.2, 0.25) is 0 Å². The molecule has 1 atom stereocenters. The number of imidazole rings is 1. The number of fused-ring (bicyclic) bond motifs is 1. The molecule has 1 aliphatic rings. The number of aromatic amines is 1. The van der Waals surface area contributed by atoms with Gasteiger partial charge in [0.05, 0.1) is 23.1 Å². The molecule has 3 aromatic rings. The molecule has 5 nitrogen and oxygen atoms in total. The lowest BCUT2D eigenvalue weighted by molar-refractivity contribution is -0.137. The second kappa shape index (κ2) is 9.09. The highest BCUT2D eigenvalue weighted by molar-refractivity contribution is 5.90. The molecule has 4 rings (SSSR count). The Morgan fingerprint density at radius 3 is 2.68 bits per heavy atom. The van der Waals surface area contributed by atoms with Crippen LogP contribution in [-0.4, -0.2) is 33.9 Å². The molecule has 31 heavy (non-hydrogen) atoms. The predicted molar refractivity (Wildman–Crippen MR) is 113 cm³/mol. The number of benzene rings is 2. The number of hydrogen-bond donors (Lipinski definition) is 2. The Balaban J connectivity index is 1.25. The first-order valence-electron chi connectivity index (χ1n) is 10.5. The minimum atomic E-state index is -4.38. The number of alkyl halides is 3. The molecule has 1 aliphatic heterocycles. The Labute approximate surface area is 178 Å². The van der Waals surface area contributed by atoms with Crippen molar-refractivity contribution in [2.24, 2.45) is 5.92 Å². The lowest BCUT2D eigenvalue weighted by Gasteiger charge is -2.32. The standard InChI is InChI=1S/C23H25F3N4O/c24-23(25,26)17-8-10-18(11-9-17)27-22(31)12-7-16-4-3-13-30(14-16)15-21-28-19-5-1-2-6-20(19)29-21/h1-2,5-6,8-11,16H,3-4,7,12-15H2,(H,27,31)(H,28,29)/t16-/m1/s1. The maximum absolute atomic E-state index is 12.6. The van der Waals surface area contributed by atoms with Crippen molar-refractivity contribution in [3.05, 3.63) is 59.9 Å². The van der Waals surface area contributed by atoms with Gasteiger partial charge in [-0.25, -0.2) is 4.98 Å². The molecule has 164 valence electrons. The Bertz CT molecular complexity index is 996. The van der Waals surface area contributed by atoms with Crippen molar-refractivity contribution >= 4 is 22.6 Å². The van der Waals surface area contributed by atoms with E-state index in [1.54, 1.807) is 0 Å². The van der Waals surface area contributed by atoms with Gasteiger partial charge < -0.3 is 10.3 Å². The monoisotopic (exact) mass is 430 g/mol. The molecule has 1 saturated heterocycles. The zero-order chi connectivity index (χ0) is 21.8. The summed E-state index contributed by atoms with van der Waals surface area (Å²) in [6.07, 6.45) is -1.12. The fourth-order valence-corrected chi connectivity index (χ4v) is 4.12. The third-order valence-corrected chi connectivity index (χ3v) is 5.69. The summed E-state index contributed by atoms with van der Waals surface area (Å²) >= 11 is 0. The lowest BCUT2D eigenvalue weighted by Crippen LogP contribution is -2.35. The fraction of sp³-hybridized carbons (Fsp3) is 0.391. The molecule has 0 unspecified atom stereocenters. The Morgan fingerprint density at radius 2 is 1.94 bits per heavy atom. The Morgan fingerprint density at radius 1 is 1.16 bits per heavy atom. The number of nitrogens with one attached hydrogen (secondary N) is 2. The van der Waals surface area contributed by atoms with Gasteiger partial charge in [-0.1, -0.05) is 12.1 Å². The number of para-hydroxylation sites is 2. The molecule has 1 aromatic heterocycles. The number of carbonyl (C=O) groups excluding carboxylic acids is 1. The molecule has 1 fully saturated rings. The van der Waals surface area contributed by atoms with Gasteiger partial charge in [0.25, 0.3) is 0 Å². The first kappa shape index (κ1) is 21.4. The highest BCUT2D eigenvalue weighted by Gasteiger charge is 2.30. The summed E-state index contributed by atoms with van der Waals surface area (Å²) in [7, 11) is 0. The van der Waals surface area contributed by atoms with Crippen LogP contribution in [0.4, 0.5) is 18.9 Å². The summed E-state index contributed by atoms with van der Waals surface area (Å²) in [5.74, 6) is 1.19. The van der Waals surface area contributed by atoms with Crippen LogP contribution in [0.25, 0.3) is 11.0 Å². The Kier molecular flexibility index (Phi) is 6.27. The first-order chi connectivity index (χ1) is 14.9. The second-order valence-electron chi connectivity index (χ2n) is 8.11. The molecular formula is C23H25F3N4O. The van der Waals surface area contributed by atoms with Crippen LogP contribution >= 0.6 is 0 Å². The summed E-state index contributed by atoms with van der Waals surface area (Å²) in [6, 6.07) is 12.5. The number of anilines is 1. The maximum atomic E-state index is 12.6. The highest BCUT2D eigenvalue weighted by atomic mass is 19.4. The Hall–Kier alpha value is -2.87. The van der Waals surface area contributed by atoms with Crippen molar-refractivity contribution in [2.45, 2.75) is 38.4 Å². The number of amides is 1. The van der Waals surface area contributed by atoms with E-state index < -0.39 is 11.7 Å². The van der Waals surface area contributed by atoms with Crippen molar-refractivity contribution in [2.75, 3.05) is 18.4 Å². The van der Waals surface area contributed by atoms with Crippen molar-refractivity contribution in [1.82, 2.24) is 14.9 Å².